The second kappa shape index (κ2) is 3.21. The third-order valence-corrected chi connectivity index (χ3v) is 5.43. The van der Waals surface area contributed by atoms with E-state index in [9.17, 15) is 0 Å². The van der Waals surface area contributed by atoms with E-state index in [1.807, 2.05) is 6.20 Å². The summed E-state index contributed by atoms with van der Waals surface area (Å²) in [6.07, 6.45) is 1.98. The van der Waals surface area contributed by atoms with E-state index in [0.29, 0.717) is 5.16 Å². The minimum atomic E-state index is -0.383. The van der Waals surface area contributed by atoms with E-state index < -0.39 is 0 Å². The van der Waals surface area contributed by atoms with E-state index in [1.54, 1.807) is 0 Å². The highest BCUT2D eigenvalue weighted by molar-refractivity contribution is 6.77. The summed E-state index contributed by atoms with van der Waals surface area (Å²) in [7, 11) is 3.25. The first-order valence-electron chi connectivity index (χ1n) is 3.40. The molecule has 1 aromatic heterocycles. The lowest BCUT2D eigenvalue weighted by molar-refractivity contribution is 1.30. The average molecular weight is 165 g/mol. The normalized spacial score (nSPS) is 14.0. The first-order chi connectivity index (χ1) is 4.72. The van der Waals surface area contributed by atoms with Crippen LogP contribution in [0.5, 0.6) is 0 Å². The van der Waals surface area contributed by atoms with Gasteiger partial charge in [-0.3, -0.25) is 0 Å². The molecule has 1 nitrogen and oxygen atoms in total. The number of H-pyrrole nitrogens is 1. The van der Waals surface area contributed by atoms with Crippen molar-refractivity contribution in [1.82, 2.24) is 4.98 Å². The predicted molar refractivity (Wildman–Crippen MR) is 47.2 cm³/mol. The molecule has 0 saturated carbocycles. The number of aromatic nitrogens is 1. The molecule has 3 heteroatoms. The van der Waals surface area contributed by atoms with Crippen LogP contribution in [0.15, 0.2) is 18.3 Å². The monoisotopic (exact) mass is 165 g/mol. The molecule has 0 aliphatic heterocycles. The molecule has 0 fully saturated rings. The van der Waals surface area contributed by atoms with Gasteiger partial charge in [-0.2, -0.15) is 0 Å². The number of hydrogen-bond donors (Lipinski definition) is 1. The fourth-order valence-electron chi connectivity index (χ4n) is 0.809. The summed E-state index contributed by atoms with van der Waals surface area (Å²) in [6.45, 7) is 4.50. The third kappa shape index (κ3) is 1.61. The smallest absolute Gasteiger partial charge is 0.104 e. The standard InChI is InChI=1S/C7H11NSi2/c1-6(9)10(2)7-4-3-5-8-7/h3-6,8H,1-2H3. The zero-order valence-corrected chi connectivity index (χ0v) is 8.31. The Morgan fingerprint density at radius 3 is 2.80 bits per heavy atom. The fraction of sp³-hybridized carbons (Fsp3) is 0.429. The quantitative estimate of drug-likeness (QED) is 0.626. The lowest BCUT2D eigenvalue weighted by Gasteiger charge is -2.10. The Morgan fingerprint density at radius 2 is 2.40 bits per heavy atom. The number of hydrogen-bond acceptors (Lipinski definition) is 0. The summed E-state index contributed by atoms with van der Waals surface area (Å²) in [5, 5.41) is 2.02. The molecule has 1 rings (SSSR count). The van der Waals surface area contributed by atoms with Crippen LogP contribution < -0.4 is 5.32 Å². The van der Waals surface area contributed by atoms with E-state index in [4.69, 9.17) is 0 Å². The van der Waals surface area contributed by atoms with Crippen molar-refractivity contribution < 1.29 is 0 Å². The van der Waals surface area contributed by atoms with Crippen molar-refractivity contribution in [2.45, 2.75) is 18.6 Å². The van der Waals surface area contributed by atoms with Crippen LogP contribution in [0.4, 0.5) is 0 Å². The summed E-state index contributed by atoms with van der Waals surface area (Å²) < 4.78 is 0. The zero-order valence-electron chi connectivity index (χ0n) is 6.31. The molecule has 0 aliphatic rings. The molecule has 1 aromatic rings. The van der Waals surface area contributed by atoms with E-state index in [2.05, 4.69) is 40.8 Å². The first-order valence-corrected chi connectivity index (χ1v) is 6.05. The Kier molecular flexibility index (Phi) is 2.51. The molecule has 1 N–H and O–H groups in total. The number of aromatic amines is 1. The molecule has 4 radical (unpaired) electrons. The Hall–Kier alpha value is -0.286. The first kappa shape index (κ1) is 7.82. The third-order valence-electron chi connectivity index (χ3n) is 1.67. The summed E-state index contributed by atoms with van der Waals surface area (Å²) in [6, 6.07) is 4.21. The Bertz CT molecular complexity index is 181. The summed E-state index contributed by atoms with van der Waals surface area (Å²) >= 11 is 0. The van der Waals surface area contributed by atoms with E-state index in [1.165, 1.54) is 5.32 Å². The maximum absolute atomic E-state index is 3.63. The highest BCUT2D eigenvalue weighted by Crippen LogP contribution is 2.01. The second-order valence-corrected chi connectivity index (χ2v) is 6.70. The molecule has 1 heterocycles. The van der Waals surface area contributed by atoms with Crippen molar-refractivity contribution in [2.24, 2.45) is 0 Å². The number of nitrogens with one attached hydrogen (secondary N) is 1. The van der Waals surface area contributed by atoms with Crippen molar-refractivity contribution in [2.75, 3.05) is 0 Å². The molecule has 1 unspecified atom stereocenters. The van der Waals surface area contributed by atoms with E-state index in [-0.39, 0.29) is 8.80 Å². The molecule has 10 heavy (non-hydrogen) atoms. The largest absolute Gasteiger partial charge is 0.369 e. The van der Waals surface area contributed by atoms with Gasteiger partial charge in [-0.15, -0.1) is 0 Å². The van der Waals surface area contributed by atoms with Crippen LogP contribution in [0.25, 0.3) is 0 Å². The van der Waals surface area contributed by atoms with Gasteiger partial charge in [0.05, 0.1) is 0 Å². The highest BCUT2D eigenvalue weighted by Gasteiger charge is 2.11. The molecule has 0 aliphatic carbocycles. The van der Waals surface area contributed by atoms with Crippen molar-refractivity contribution >= 4 is 24.4 Å². The van der Waals surface area contributed by atoms with Gasteiger partial charge in [0.1, 0.15) is 8.80 Å². The molecule has 0 aromatic carbocycles. The molecule has 52 valence electrons. The van der Waals surface area contributed by atoms with Crippen molar-refractivity contribution in [1.29, 1.82) is 0 Å². The summed E-state index contributed by atoms with van der Waals surface area (Å²) in [5.74, 6) is 0. The van der Waals surface area contributed by atoms with Gasteiger partial charge in [0.25, 0.3) is 0 Å². The minimum Gasteiger partial charge on any atom is -0.369 e. The van der Waals surface area contributed by atoms with E-state index in [0.717, 1.165) is 0 Å². The lowest BCUT2D eigenvalue weighted by atomic mass is 10.7. The van der Waals surface area contributed by atoms with Gasteiger partial charge in [-0.1, -0.05) is 18.6 Å². The lowest BCUT2D eigenvalue weighted by Crippen LogP contribution is -2.31. The van der Waals surface area contributed by atoms with Gasteiger partial charge < -0.3 is 4.98 Å². The Morgan fingerprint density at radius 1 is 1.70 bits per heavy atom. The maximum Gasteiger partial charge on any atom is 0.104 e. The van der Waals surface area contributed by atoms with Crippen LogP contribution in [0, 0.1) is 0 Å². The summed E-state index contributed by atoms with van der Waals surface area (Å²) in [5.41, 5.74) is 0. The van der Waals surface area contributed by atoms with Crippen molar-refractivity contribution in [3.8, 4) is 0 Å². The Labute approximate surface area is 66.9 Å². The van der Waals surface area contributed by atoms with Gasteiger partial charge in [-0.05, 0) is 17.4 Å². The molecule has 0 spiro atoms. The van der Waals surface area contributed by atoms with Crippen LogP contribution in [0.1, 0.15) is 6.92 Å². The van der Waals surface area contributed by atoms with Crippen LogP contribution in [-0.4, -0.2) is 24.0 Å². The second-order valence-electron chi connectivity index (χ2n) is 2.49. The van der Waals surface area contributed by atoms with E-state index >= 15 is 0 Å². The fourth-order valence-corrected chi connectivity index (χ4v) is 2.41. The SMILES string of the molecule is CC([Si])[Si](C)c1ccc[nH]1. The highest BCUT2D eigenvalue weighted by atomic mass is 28.3. The van der Waals surface area contributed by atoms with Gasteiger partial charge in [0.15, 0.2) is 0 Å². The molecule has 0 saturated heterocycles. The van der Waals surface area contributed by atoms with Gasteiger partial charge in [0.2, 0.25) is 0 Å². The molecular weight excluding hydrogens is 154 g/mol. The van der Waals surface area contributed by atoms with Crippen LogP contribution in [0.3, 0.4) is 0 Å². The van der Waals surface area contributed by atoms with Crippen LogP contribution in [-0.2, 0) is 0 Å². The zero-order chi connectivity index (χ0) is 7.56. The number of rotatable bonds is 2. The van der Waals surface area contributed by atoms with Crippen LogP contribution in [0.2, 0.25) is 11.7 Å². The molecule has 0 amide bonds. The van der Waals surface area contributed by atoms with Crippen molar-refractivity contribution in [3.05, 3.63) is 18.3 Å². The maximum atomic E-state index is 3.63. The van der Waals surface area contributed by atoms with Crippen molar-refractivity contribution in [3.63, 3.8) is 0 Å². The molecule has 0 bridgehead atoms. The van der Waals surface area contributed by atoms with Gasteiger partial charge in [-0.25, -0.2) is 0 Å². The predicted octanol–water partition coefficient (Wildman–Crippen LogP) is 0.862. The minimum absolute atomic E-state index is 0.383. The topological polar surface area (TPSA) is 15.8 Å². The molecule has 1 atom stereocenters. The Balaban J connectivity index is 2.68. The van der Waals surface area contributed by atoms with Gasteiger partial charge >= 0.3 is 0 Å². The van der Waals surface area contributed by atoms with Gasteiger partial charge in [0, 0.05) is 16.4 Å². The van der Waals surface area contributed by atoms with Crippen LogP contribution >= 0.6 is 0 Å². The summed E-state index contributed by atoms with van der Waals surface area (Å²) in [4.78, 5) is 3.23. The average Bonchev–Trinajstić information content (AvgIpc) is 2.36. The molecular formula is C7H11NSi2.